The number of rotatable bonds is 5. The third-order valence-electron chi connectivity index (χ3n) is 4.30. The first-order chi connectivity index (χ1) is 13.3. The number of halogens is 1. The molecule has 1 aromatic heterocycles. The average molecular weight is 403 g/mol. The minimum Gasteiger partial charge on any atom is -0.462 e. The second kappa shape index (κ2) is 8.24. The second-order valence-electron chi connectivity index (χ2n) is 7.03. The van der Waals surface area contributed by atoms with E-state index in [0.717, 1.165) is 10.4 Å². The van der Waals surface area contributed by atoms with Crippen molar-refractivity contribution in [1.29, 1.82) is 0 Å². The Balaban J connectivity index is 1.84. The smallest absolute Gasteiger partial charge is 0.341 e. The van der Waals surface area contributed by atoms with E-state index in [1.165, 1.54) is 29.5 Å². The van der Waals surface area contributed by atoms with E-state index in [-0.39, 0.29) is 23.9 Å². The SMILES string of the molecule is CCOC(=O)c1c(NC(=O)/C=C/c2ccc(F)cc2)sc2c1CC(C)(C)OC2. The number of ether oxygens (including phenoxy) is 2. The average Bonchev–Trinajstić information content (AvgIpc) is 2.97. The number of fused-ring (bicyclic) bond motifs is 1. The topological polar surface area (TPSA) is 64.6 Å². The first-order valence-electron chi connectivity index (χ1n) is 8.99. The van der Waals surface area contributed by atoms with Gasteiger partial charge in [-0.2, -0.15) is 0 Å². The van der Waals surface area contributed by atoms with Crippen molar-refractivity contribution in [2.75, 3.05) is 11.9 Å². The van der Waals surface area contributed by atoms with Gasteiger partial charge < -0.3 is 14.8 Å². The molecule has 1 aliphatic rings. The predicted octanol–water partition coefficient (Wildman–Crippen LogP) is 4.57. The molecular weight excluding hydrogens is 381 g/mol. The number of carbonyl (C=O) groups excluding carboxylic acids is 2. The summed E-state index contributed by atoms with van der Waals surface area (Å²) >= 11 is 1.33. The van der Waals surface area contributed by atoms with Crippen LogP contribution in [-0.4, -0.2) is 24.1 Å². The summed E-state index contributed by atoms with van der Waals surface area (Å²) in [5, 5.41) is 3.24. The van der Waals surface area contributed by atoms with Crippen LogP contribution in [0.1, 0.15) is 47.1 Å². The molecule has 0 aliphatic carbocycles. The van der Waals surface area contributed by atoms with Gasteiger partial charge in [-0.15, -0.1) is 11.3 Å². The van der Waals surface area contributed by atoms with Crippen LogP contribution < -0.4 is 5.32 Å². The van der Waals surface area contributed by atoms with Crippen molar-refractivity contribution < 1.29 is 23.5 Å². The standard InChI is InChI=1S/C21H22FNO4S/c1-4-26-20(25)18-15-11-21(2,3)27-12-16(15)28-19(18)23-17(24)10-7-13-5-8-14(22)9-6-13/h5-10H,4,11-12H2,1-3H3,(H,23,24)/b10-7+. The summed E-state index contributed by atoms with van der Waals surface area (Å²) in [6, 6.07) is 5.80. The molecule has 1 N–H and O–H groups in total. The van der Waals surface area contributed by atoms with Gasteiger partial charge in [0.2, 0.25) is 5.91 Å². The first kappa shape index (κ1) is 20.2. The zero-order valence-corrected chi connectivity index (χ0v) is 16.8. The van der Waals surface area contributed by atoms with Gasteiger partial charge in [0.25, 0.3) is 0 Å². The lowest BCUT2D eigenvalue weighted by Gasteiger charge is -2.30. The summed E-state index contributed by atoms with van der Waals surface area (Å²) in [5.74, 6) is -1.17. The Morgan fingerprint density at radius 3 is 2.71 bits per heavy atom. The highest BCUT2D eigenvalue weighted by Crippen LogP contribution is 2.40. The zero-order chi connectivity index (χ0) is 20.3. The van der Waals surface area contributed by atoms with Crippen LogP contribution >= 0.6 is 11.3 Å². The van der Waals surface area contributed by atoms with Crippen LogP contribution in [0.2, 0.25) is 0 Å². The quantitative estimate of drug-likeness (QED) is 0.587. The second-order valence-corrected chi connectivity index (χ2v) is 8.13. The van der Waals surface area contributed by atoms with Crippen LogP contribution in [0.3, 0.4) is 0 Å². The van der Waals surface area contributed by atoms with Gasteiger partial charge in [0.15, 0.2) is 0 Å². The lowest BCUT2D eigenvalue weighted by atomic mass is 9.93. The predicted molar refractivity (Wildman–Crippen MR) is 107 cm³/mol. The molecule has 5 nitrogen and oxygen atoms in total. The van der Waals surface area contributed by atoms with Crippen LogP contribution in [0.15, 0.2) is 30.3 Å². The number of esters is 1. The van der Waals surface area contributed by atoms with E-state index in [0.29, 0.717) is 29.2 Å². The van der Waals surface area contributed by atoms with E-state index in [9.17, 15) is 14.0 Å². The van der Waals surface area contributed by atoms with E-state index >= 15 is 0 Å². The van der Waals surface area contributed by atoms with Crippen LogP contribution in [-0.2, 0) is 27.3 Å². The van der Waals surface area contributed by atoms with Crippen molar-refractivity contribution >= 4 is 34.3 Å². The molecule has 1 aliphatic heterocycles. The maximum absolute atomic E-state index is 13.0. The van der Waals surface area contributed by atoms with Gasteiger partial charge in [-0.05, 0) is 50.1 Å². The molecule has 0 spiro atoms. The number of amides is 1. The van der Waals surface area contributed by atoms with Crippen molar-refractivity contribution in [3.63, 3.8) is 0 Å². The maximum Gasteiger partial charge on any atom is 0.341 e. The third kappa shape index (κ3) is 4.66. The summed E-state index contributed by atoms with van der Waals surface area (Å²) in [7, 11) is 0. The molecule has 3 rings (SSSR count). The summed E-state index contributed by atoms with van der Waals surface area (Å²) in [6.45, 7) is 6.31. The minimum atomic E-state index is -0.449. The largest absolute Gasteiger partial charge is 0.462 e. The molecule has 7 heteroatoms. The summed E-state index contributed by atoms with van der Waals surface area (Å²) in [4.78, 5) is 25.8. The van der Waals surface area contributed by atoms with Crippen molar-refractivity contribution in [3.8, 4) is 0 Å². The Morgan fingerprint density at radius 2 is 2.04 bits per heavy atom. The molecule has 1 amide bonds. The highest BCUT2D eigenvalue weighted by molar-refractivity contribution is 7.17. The zero-order valence-electron chi connectivity index (χ0n) is 16.0. The van der Waals surface area contributed by atoms with Crippen LogP contribution in [0, 0.1) is 5.82 Å². The first-order valence-corrected chi connectivity index (χ1v) is 9.81. The summed E-state index contributed by atoms with van der Waals surface area (Å²) < 4.78 is 24.0. The van der Waals surface area contributed by atoms with E-state index in [2.05, 4.69) is 5.32 Å². The van der Waals surface area contributed by atoms with Crippen molar-refractivity contribution in [2.45, 2.75) is 39.4 Å². The fraction of sp³-hybridized carbons (Fsp3) is 0.333. The monoisotopic (exact) mass is 403 g/mol. The van der Waals surface area contributed by atoms with E-state index in [1.807, 2.05) is 13.8 Å². The highest BCUT2D eigenvalue weighted by atomic mass is 32.1. The highest BCUT2D eigenvalue weighted by Gasteiger charge is 2.34. The van der Waals surface area contributed by atoms with E-state index in [4.69, 9.17) is 9.47 Å². The van der Waals surface area contributed by atoms with Gasteiger partial charge in [-0.1, -0.05) is 12.1 Å². The lowest BCUT2D eigenvalue weighted by molar-refractivity contribution is -0.111. The van der Waals surface area contributed by atoms with E-state index in [1.54, 1.807) is 25.1 Å². The van der Waals surface area contributed by atoms with Crippen LogP contribution in [0.4, 0.5) is 9.39 Å². The molecule has 0 saturated carbocycles. The Labute approximate surface area is 167 Å². The Morgan fingerprint density at radius 1 is 1.32 bits per heavy atom. The molecule has 148 valence electrons. The number of thiophene rings is 1. The van der Waals surface area contributed by atoms with Crippen molar-refractivity contribution in [3.05, 3.63) is 57.7 Å². The summed E-state index contributed by atoms with van der Waals surface area (Å²) in [5.41, 5.74) is 1.58. The number of nitrogens with one attached hydrogen (secondary N) is 1. The lowest BCUT2D eigenvalue weighted by Crippen LogP contribution is -2.32. The fourth-order valence-corrected chi connectivity index (χ4v) is 4.08. The van der Waals surface area contributed by atoms with Crippen LogP contribution in [0.25, 0.3) is 6.08 Å². The Hall–Kier alpha value is -2.51. The number of hydrogen-bond donors (Lipinski definition) is 1. The van der Waals surface area contributed by atoms with Gasteiger partial charge in [-0.3, -0.25) is 4.79 Å². The molecule has 0 unspecified atom stereocenters. The van der Waals surface area contributed by atoms with Crippen LogP contribution in [0.5, 0.6) is 0 Å². The summed E-state index contributed by atoms with van der Waals surface area (Å²) in [6.07, 6.45) is 3.49. The molecule has 0 saturated heterocycles. The Bertz CT molecular complexity index is 915. The Kier molecular flexibility index (Phi) is 5.96. The van der Waals surface area contributed by atoms with Gasteiger partial charge in [0.05, 0.1) is 24.4 Å². The van der Waals surface area contributed by atoms with Gasteiger partial charge >= 0.3 is 5.97 Å². The number of anilines is 1. The van der Waals surface area contributed by atoms with E-state index < -0.39 is 5.97 Å². The molecule has 1 aromatic carbocycles. The third-order valence-corrected chi connectivity index (χ3v) is 5.42. The van der Waals surface area contributed by atoms with Gasteiger partial charge in [-0.25, -0.2) is 9.18 Å². The molecule has 2 heterocycles. The fourth-order valence-electron chi connectivity index (χ4n) is 2.96. The minimum absolute atomic E-state index is 0.251. The van der Waals surface area contributed by atoms with Gasteiger partial charge in [0, 0.05) is 17.4 Å². The molecule has 0 radical (unpaired) electrons. The molecule has 28 heavy (non-hydrogen) atoms. The molecule has 0 bridgehead atoms. The molecule has 0 fully saturated rings. The normalized spacial score (nSPS) is 15.3. The number of hydrogen-bond acceptors (Lipinski definition) is 5. The number of benzene rings is 1. The molecule has 0 atom stereocenters. The van der Waals surface area contributed by atoms with Crippen molar-refractivity contribution in [2.24, 2.45) is 0 Å². The molecular formula is C21H22FNO4S. The maximum atomic E-state index is 13.0. The van der Waals surface area contributed by atoms with Gasteiger partial charge in [0.1, 0.15) is 10.8 Å². The molecule has 2 aromatic rings. The number of carbonyl (C=O) groups is 2. The van der Waals surface area contributed by atoms with Crippen molar-refractivity contribution in [1.82, 2.24) is 0 Å².